The van der Waals surface area contributed by atoms with Gasteiger partial charge in [0.1, 0.15) is 6.54 Å². The van der Waals surface area contributed by atoms with E-state index in [9.17, 15) is 8.78 Å². The van der Waals surface area contributed by atoms with E-state index in [4.69, 9.17) is 4.74 Å². The lowest BCUT2D eigenvalue weighted by molar-refractivity contribution is 0.155. The number of halogens is 2. The molecule has 0 aromatic heterocycles. The van der Waals surface area contributed by atoms with E-state index in [-0.39, 0.29) is 5.41 Å². The van der Waals surface area contributed by atoms with Crippen molar-refractivity contribution in [1.29, 1.82) is 0 Å². The van der Waals surface area contributed by atoms with Gasteiger partial charge in [-0.3, -0.25) is 0 Å². The van der Waals surface area contributed by atoms with Gasteiger partial charge in [0.15, 0.2) is 5.96 Å². The van der Waals surface area contributed by atoms with Crippen molar-refractivity contribution in [2.45, 2.75) is 26.2 Å². The zero-order valence-electron chi connectivity index (χ0n) is 10.8. The van der Waals surface area contributed by atoms with Crippen molar-refractivity contribution in [1.82, 2.24) is 10.2 Å². The van der Waals surface area contributed by atoms with Gasteiger partial charge >= 0.3 is 0 Å². The molecule has 1 N–H and O–H groups in total. The number of ether oxygens (including phenoxy) is 1. The van der Waals surface area contributed by atoms with Gasteiger partial charge in [-0.05, 0) is 19.8 Å². The molecule has 2 aliphatic heterocycles. The third-order valence-electron chi connectivity index (χ3n) is 3.64. The molecule has 4 nitrogen and oxygen atoms in total. The molecule has 6 heteroatoms. The summed E-state index contributed by atoms with van der Waals surface area (Å²) in [5.74, 6) is 0.613. The molecule has 2 fully saturated rings. The van der Waals surface area contributed by atoms with Crippen LogP contribution in [0.25, 0.3) is 0 Å². The van der Waals surface area contributed by atoms with E-state index in [1.54, 1.807) is 0 Å². The fourth-order valence-corrected chi connectivity index (χ4v) is 2.67. The standard InChI is InChI=1S/C12H21F2N3O/c1-2-15-11(16-7-10(13)14)17-5-3-12(8-17)4-6-18-9-12/h10H,2-9H2,1H3,(H,15,16). The van der Waals surface area contributed by atoms with E-state index in [0.29, 0.717) is 12.5 Å². The van der Waals surface area contributed by atoms with Crippen LogP contribution in [0.2, 0.25) is 0 Å². The summed E-state index contributed by atoms with van der Waals surface area (Å²) in [6, 6.07) is 0. The quantitative estimate of drug-likeness (QED) is 0.615. The maximum Gasteiger partial charge on any atom is 0.257 e. The van der Waals surface area contributed by atoms with Crippen LogP contribution in [-0.4, -0.2) is 56.7 Å². The molecular weight excluding hydrogens is 240 g/mol. The molecule has 2 rings (SSSR count). The fourth-order valence-electron chi connectivity index (χ4n) is 2.67. The van der Waals surface area contributed by atoms with Gasteiger partial charge in [0.05, 0.1) is 6.61 Å². The maximum atomic E-state index is 12.2. The van der Waals surface area contributed by atoms with Crippen molar-refractivity contribution >= 4 is 5.96 Å². The van der Waals surface area contributed by atoms with Gasteiger partial charge in [-0.2, -0.15) is 0 Å². The Bertz CT molecular complexity index is 304. The van der Waals surface area contributed by atoms with Gasteiger partial charge in [-0.15, -0.1) is 0 Å². The predicted octanol–water partition coefficient (Wildman–Crippen LogP) is 1.33. The smallest absolute Gasteiger partial charge is 0.257 e. The molecule has 2 aliphatic rings. The molecule has 0 saturated carbocycles. The second kappa shape index (κ2) is 5.82. The summed E-state index contributed by atoms with van der Waals surface area (Å²) in [6.45, 7) is 5.56. The minimum Gasteiger partial charge on any atom is -0.381 e. The van der Waals surface area contributed by atoms with E-state index in [1.165, 1.54) is 0 Å². The van der Waals surface area contributed by atoms with Crippen LogP contribution in [0.3, 0.4) is 0 Å². The van der Waals surface area contributed by atoms with Gasteiger partial charge in [0, 0.05) is 31.7 Å². The molecule has 1 atom stereocenters. The summed E-state index contributed by atoms with van der Waals surface area (Å²) in [4.78, 5) is 6.07. The molecule has 0 aromatic rings. The lowest BCUT2D eigenvalue weighted by Crippen LogP contribution is -2.41. The van der Waals surface area contributed by atoms with Crippen molar-refractivity contribution in [3.8, 4) is 0 Å². The summed E-state index contributed by atoms with van der Waals surface area (Å²) in [5, 5.41) is 3.09. The molecule has 0 amide bonds. The summed E-state index contributed by atoms with van der Waals surface area (Å²) < 4.78 is 29.9. The minimum absolute atomic E-state index is 0.223. The fraction of sp³-hybridized carbons (Fsp3) is 0.917. The number of aliphatic imine (C=N–C) groups is 1. The molecule has 0 aromatic carbocycles. The average Bonchev–Trinajstić information content (AvgIpc) is 2.96. The van der Waals surface area contributed by atoms with Crippen molar-refractivity contribution in [3.63, 3.8) is 0 Å². The van der Waals surface area contributed by atoms with Crippen LogP contribution in [0.15, 0.2) is 4.99 Å². The van der Waals surface area contributed by atoms with E-state index < -0.39 is 13.0 Å². The van der Waals surface area contributed by atoms with Gasteiger partial charge in [-0.25, -0.2) is 13.8 Å². The SMILES string of the molecule is CCNC(=NCC(F)F)N1CCC2(CCOC2)C1. The van der Waals surface area contributed by atoms with Crippen LogP contribution < -0.4 is 5.32 Å². The summed E-state index contributed by atoms with van der Waals surface area (Å²) >= 11 is 0. The molecule has 0 bridgehead atoms. The van der Waals surface area contributed by atoms with Crippen LogP contribution >= 0.6 is 0 Å². The second-order valence-corrected chi connectivity index (χ2v) is 5.06. The largest absolute Gasteiger partial charge is 0.381 e. The first-order chi connectivity index (χ1) is 8.65. The molecule has 1 spiro atoms. The number of likely N-dealkylation sites (tertiary alicyclic amines) is 1. The molecule has 104 valence electrons. The van der Waals surface area contributed by atoms with Crippen LogP contribution in [0.4, 0.5) is 8.78 Å². The number of guanidine groups is 1. The Balaban J connectivity index is 1.97. The van der Waals surface area contributed by atoms with E-state index in [2.05, 4.69) is 15.2 Å². The first kappa shape index (κ1) is 13.5. The number of rotatable bonds is 3. The van der Waals surface area contributed by atoms with Crippen molar-refractivity contribution in [2.75, 3.05) is 39.4 Å². The van der Waals surface area contributed by atoms with Crippen LogP contribution in [0, 0.1) is 5.41 Å². The number of hydrogen-bond acceptors (Lipinski definition) is 2. The molecular formula is C12H21F2N3O. The Morgan fingerprint density at radius 1 is 1.50 bits per heavy atom. The summed E-state index contributed by atoms with van der Waals surface area (Å²) in [7, 11) is 0. The van der Waals surface area contributed by atoms with Crippen molar-refractivity contribution < 1.29 is 13.5 Å². The van der Waals surface area contributed by atoms with Crippen molar-refractivity contribution in [2.24, 2.45) is 10.4 Å². The topological polar surface area (TPSA) is 36.9 Å². The highest BCUT2D eigenvalue weighted by Gasteiger charge is 2.42. The van der Waals surface area contributed by atoms with Gasteiger partial charge < -0.3 is 15.0 Å². The molecule has 0 aliphatic carbocycles. The van der Waals surface area contributed by atoms with E-state index >= 15 is 0 Å². The second-order valence-electron chi connectivity index (χ2n) is 5.06. The predicted molar refractivity (Wildman–Crippen MR) is 66.0 cm³/mol. The highest BCUT2D eigenvalue weighted by Crippen LogP contribution is 2.38. The Kier molecular flexibility index (Phi) is 4.37. The molecule has 1 unspecified atom stereocenters. The highest BCUT2D eigenvalue weighted by molar-refractivity contribution is 5.80. The lowest BCUT2D eigenvalue weighted by atomic mass is 9.87. The third-order valence-corrected chi connectivity index (χ3v) is 3.64. The maximum absolute atomic E-state index is 12.2. The molecule has 0 radical (unpaired) electrons. The first-order valence-corrected chi connectivity index (χ1v) is 6.54. The molecule has 2 heterocycles. The monoisotopic (exact) mass is 261 g/mol. The van der Waals surface area contributed by atoms with Gasteiger partial charge in [0.25, 0.3) is 6.43 Å². The highest BCUT2D eigenvalue weighted by atomic mass is 19.3. The van der Waals surface area contributed by atoms with Crippen molar-refractivity contribution in [3.05, 3.63) is 0 Å². The van der Waals surface area contributed by atoms with Crippen LogP contribution in [-0.2, 0) is 4.74 Å². The molecule has 2 saturated heterocycles. The van der Waals surface area contributed by atoms with Crippen LogP contribution in [0.1, 0.15) is 19.8 Å². The lowest BCUT2D eigenvalue weighted by Gasteiger charge is -2.24. The summed E-state index contributed by atoms with van der Waals surface area (Å²) in [6.07, 6.45) is -0.255. The summed E-state index contributed by atoms with van der Waals surface area (Å²) in [5.41, 5.74) is 0.223. The minimum atomic E-state index is -2.38. The average molecular weight is 261 g/mol. The Morgan fingerprint density at radius 3 is 2.94 bits per heavy atom. The number of hydrogen-bond donors (Lipinski definition) is 1. The number of alkyl halides is 2. The molecule has 18 heavy (non-hydrogen) atoms. The van der Waals surface area contributed by atoms with E-state index in [1.807, 2.05) is 6.92 Å². The first-order valence-electron chi connectivity index (χ1n) is 6.54. The van der Waals surface area contributed by atoms with Gasteiger partial charge in [-0.1, -0.05) is 0 Å². The van der Waals surface area contributed by atoms with Gasteiger partial charge in [0.2, 0.25) is 0 Å². The van der Waals surface area contributed by atoms with Crippen LogP contribution in [0.5, 0.6) is 0 Å². The zero-order chi connectivity index (χ0) is 13.0. The number of nitrogens with zero attached hydrogens (tertiary/aromatic N) is 2. The zero-order valence-corrected chi connectivity index (χ0v) is 10.8. The normalized spacial score (nSPS) is 28.7. The number of nitrogens with one attached hydrogen (secondary N) is 1. The van der Waals surface area contributed by atoms with E-state index in [0.717, 1.165) is 39.1 Å². The Labute approximate surface area is 106 Å². The Hall–Kier alpha value is -0.910. The third kappa shape index (κ3) is 3.10. The Morgan fingerprint density at radius 2 is 2.33 bits per heavy atom.